The van der Waals surface area contributed by atoms with E-state index in [-0.39, 0.29) is 24.1 Å². The van der Waals surface area contributed by atoms with Crippen molar-refractivity contribution in [2.24, 2.45) is 5.41 Å². The van der Waals surface area contributed by atoms with Gasteiger partial charge in [-0.1, -0.05) is 17.7 Å². The molecule has 0 radical (unpaired) electrons. The first kappa shape index (κ1) is 15.0. The fraction of sp³-hybridized carbons (Fsp3) is 0.500. The Balaban J connectivity index is 2.03. The van der Waals surface area contributed by atoms with Gasteiger partial charge in [0.2, 0.25) is 0 Å². The molecule has 1 aliphatic rings. The van der Waals surface area contributed by atoms with Crippen molar-refractivity contribution in [1.82, 2.24) is 0 Å². The summed E-state index contributed by atoms with van der Waals surface area (Å²) in [7, 11) is -3.83. The maximum Gasteiger partial charge on any atom is 0.314 e. The van der Waals surface area contributed by atoms with E-state index < -0.39 is 15.5 Å². The quantitative estimate of drug-likeness (QED) is 0.594. The van der Waals surface area contributed by atoms with E-state index in [2.05, 4.69) is 0 Å². The van der Waals surface area contributed by atoms with E-state index in [0.717, 1.165) is 5.56 Å². The Morgan fingerprint density at radius 2 is 1.85 bits per heavy atom. The SMILES string of the molecule is CCOC(=O)C1(COS(=O)(=O)c2ccc(C)cc2)CC1. The van der Waals surface area contributed by atoms with Crippen LogP contribution < -0.4 is 0 Å². The summed E-state index contributed by atoms with van der Waals surface area (Å²) in [4.78, 5) is 11.8. The summed E-state index contributed by atoms with van der Waals surface area (Å²) in [5, 5.41) is 0. The zero-order chi connectivity index (χ0) is 14.8. The molecule has 5 nitrogen and oxygen atoms in total. The van der Waals surface area contributed by atoms with Crippen molar-refractivity contribution in [1.29, 1.82) is 0 Å². The monoisotopic (exact) mass is 298 g/mol. The van der Waals surface area contributed by atoms with Crippen molar-refractivity contribution in [3.05, 3.63) is 29.8 Å². The van der Waals surface area contributed by atoms with E-state index in [1.165, 1.54) is 12.1 Å². The molecule has 1 aromatic rings. The van der Waals surface area contributed by atoms with E-state index in [1.54, 1.807) is 19.1 Å². The number of ether oxygens (including phenoxy) is 1. The highest BCUT2D eigenvalue weighted by molar-refractivity contribution is 7.86. The predicted octanol–water partition coefficient (Wildman–Crippen LogP) is 2.04. The molecule has 0 heterocycles. The van der Waals surface area contributed by atoms with Crippen LogP contribution in [0.3, 0.4) is 0 Å². The third kappa shape index (κ3) is 3.19. The van der Waals surface area contributed by atoms with Gasteiger partial charge < -0.3 is 4.74 Å². The van der Waals surface area contributed by atoms with Gasteiger partial charge in [0.15, 0.2) is 0 Å². The summed E-state index contributed by atoms with van der Waals surface area (Å²) >= 11 is 0. The maximum atomic E-state index is 12.0. The van der Waals surface area contributed by atoms with Crippen LogP contribution in [0.15, 0.2) is 29.2 Å². The van der Waals surface area contributed by atoms with Gasteiger partial charge in [0.05, 0.1) is 23.5 Å². The molecular weight excluding hydrogens is 280 g/mol. The highest BCUT2D eigenvalue weighted by Gasteiger charge is 2.52. The van der Waals surface area contributed by atoms with Crippen LogP contribution in [0.2, 0.25) is 0 Å². The molecular formula is C14H18O5S. The molecule has 1 aliphatic carbocycles. The molecule has 1 fully saturated rings. The third-order valence-electron chi connectivity index (χ3n) is 3.36. The molecule has 0 aliphatic heterocycles. The Bertz CT molecular complexity index is 584. The van der Waals surface area contributed by atoms with Crippen LogP contribution in [0.1, 0.15) is 25.3 Å². The minimum absolute atomic E-state index is 0.0998. The second kappa shape index (κ2) is 5.54. The zero-order valence-electron chi connectivity index (χ0n) is 11.6. The lowest BCUT2D eigenvalue weighted by molar-refractivity contribution is -0.150. The Hall–Kier alpha value is -1.40. The fourth-order valence-corrected chi connectivity index (χ4v) is 2.79. The number of hydrogen-bond donors (Lipinski definition) is 0. The summed E-state index contributed by atoms with van der Waals surface area (Å²) in [6.07, 6.45) is 1.21. The largest absolute Gasteiger partial charge is 0.465 e. The minimum atomic E-state index is -3.83. The second-order valence-corrected chi connectivity index (χ2v) is 6.65. The van der Waals surface area contributed by atoms with Crippen LogP contribution in [0, 0.1) is 12.3 Å². The van der Waals surface area contributed by atoms with Crippen molar-refractivity contribution in [3.63, 3.8) is 0 Å². The summed E-state index contributed by atoms with van der Waals surface area (Å²) in [6, 6.07) is 6.40. The molecule has 0 unspecified atom stereocenters. The molecule has 2 rings (SSSR count). The van der Waals surface area contributed by atoms with Crippen LogP contribution in [0.25, 0.3) is 0 Å². The molecule has 0 N–H and O–H groups in total. The van der Waals surface area contributed by atoms with E-state index in [1.807, 2.05) is 6.92 Å². The normalized spacial score (nSPS) is 16.7. The smallest absolute Gasteiger partial charge is 0.314 e. The lowest BCUT2D eigenvalue weighted by atomic mass is 10.1. The molecule has 0 atom stereocenters. The molecule has 0 amide bonds. The molecule has 6 heteroatoms. The van der Waals surface area contributed by atoms with Gasteiger partial charge in [-0.3, -0.25) is 8.98 Å². The number of rotatable bonds is 6. The lowest BCUT2D eigenvalue weighted by Crippen LogP contribution is -2.26. The van der Waals surface area contributed by atoms with E-state index in [4.69, 9.17) is 8.92 Å². The van der Waals surface area contributed by atoms with Crippen LogP contribution in [-0.2, 0) is 23.8 Å². The van der Waals surface area contributed by atoms with Crippen molar-refractivity contribution >= 4 is 16.1 Å². The number of aryl methyl sites for hydroxylation is 1. The molecule has 110 valence electrons. The Morgan fingerprint density at radius 3 is 2.35 bits per heavy atom. The average Bonchev–Trinajstić information content (AvgIpc) is 3.19. The van der Waals surface area contributed by atoms with Gasteiger partial charge >= 0.3 is 5.97 Å². The maximum absolute atomic E-state index is 12.0. The summed E-state index contributed by atoms with van der Waals surface area (Å²) < 4.78 is 34.0. The van der Waals surface area contributed by atoms with Crippen molar-refractivity contribution in [2.45, 2.75) is 31.6 Å². The molecule has 1 saturated carbocycles. The van der Waals surface area contributed by atoms with Crippen LogP contribution in [0.5, 0.6) is 0 Å². The van der Waals surface area contributed by atoms with Gasteiger partial charge in [-0.25, -0.2) is 0 Å². The van der Waals surface area contributed by atoms with Gasteiger partial charge in [-0.2, -0.15) is 8.42 Å². The lowest BCUT2D eigenvalue weighted by Gasteiger charge is -2.13. The molecule has 0 bridgehead atoms. The number of hydrogen-bond acceptors (Lipinski definition) is 5. The van der Waals surface area contributed by atoms with Crippen molar-refractivity contribution < 1.29 is 22.1 Å². The van der Waals surface area contributed by atoms with Crippen LogP contribution >= 0.6 is 0 Å². The zero-order valence-corrected chi connectivity index (χ0v) is 12.4. The van der Waals surface area contributed by atoms with Gasteiger partial charge in [0.1, 0.15) is 0 Å². The summed E-state index contributed by atoms with van der Waals surface area (Å²) in [5.41, 5.74) is 0.197. The van der Waals surface area contributed by atoms with Gasteiger partial charge in [0, 0.05) is 0 Å². The molecule has 1 aromatic carbocycles. The number of carbonyl (C=O) groups is 1. The summed E-state index contributed by atoms with van der Waals surface area (Å²) in [5.74, 6) is -0.376. The Labute approximate surface area is 119 Å². The standard InChI is InChI=1S/C14H18O5S/c1-3-18-13(15)14(8-9-14)10-19-20(16,17)12-6-4-11(2)5-7-12/h4-7H,3,8-10H2,1-2H3. The van der Waals surface area contributed by atoms with Gasteiger partial charge in [-0.05, 0) is 38.8 Å². The van der Waals surface area contributed by atoms with E-state index >= 15 is 0 Å². The van der Waals surface area contributed by atoms with E-state index in [0.29, 0.717) is 12.8 Å². The van der Waals surface area contributed by atoms with Crippen LogP contribution in [0.4, 0.5) is 0 Å². The van der Waals surface area contributed by atoms with E-state index in [9.17, 15) is 13.2 Å². The van der Waals surface area contributed by atoms with Crippen LogP contribution in [-0.4, -0.2) is 27.6 Å². The average molecular weight is 298 g/mol. The summed E-state index contributed by atoms with van der Waals surface area (Å²) in [6.45, 7) is 3.72. The first-order chi connectivity index (χ1) is 9.39. The predicted molar refractivity (Wildman–Crippen MR) is 72.6 cm³/mol. The molecule has 0 spiro atoms. The molecule has 0 aromatic heterocycles. The van der Waals surface area contributed by atoms with Crippen molar-refractivity contribution in [3.8, 4) is 0 Å². The number of benzene rings is 1. The Kier molecular flexibility index (Phi) is 4.15. The minimum Gasteiger partial charge on any atom is -0.465 e. The first-order valence-corrected chi connectivity index (χ1v) is 7.94. The van der Waals surface area contributed by atoms with Crippen molar-refractivity contribution in [2.75, 3.05) is 13.2 Å². The third-order valence-corrected chi connectivity index (χ3v) is 4.64. The number of esters is 1. The first-order valence-electron chi connectivity index (χ1n) is 6.53. The fourth-order valence-electron chi connectivity index (χ4n) is 1.81. The number of carbonyl (C=O) groups excluding carboxylic acids is 1. The highest BCUT2D eigenvalue weighted by Crippen LogP contribution is 2.47. The van der Waals surface area contributed by atoms with Gasteiger partial charge in [0.25, 0.3) is 10.1 Å². The molecule has 20 heavy (non-hydrogen) atoms. The topological polar surface area (TPSA) is 69.7 Å². The van der Waals surface area contributed by atoms with Gasteiger partial charge in [-0.15, -0.1) is 0 Å². The molecule has 0 saturated heterocycles. The second-order valence-electron chi connectivity index (χ2n) is 5.03. The highest BCUT2D eigenvalue weighted by atomic mass is 32.2. The Morgan fingerprint density at radius 1 is 1.25 bits per heavy atom.